The molecule has 2 aromatic carbocycles. The van der Waals surface area contributed by atoms with Crippen LogP contribution in [0.1, 0.15) is 10.4 Å². The number of fused-ring (bicyclic) bond motifs is 3. The van der Waals surface area contributed by atoms with Gasteiger partial charge < -0.3 is 0 Å². The largest absolute Gasteiger partial charge is 0.280 e. The van der Waals surface area contributed by atoms with Gasteiger partial charge >= 0.3 is 0 Å². The lowest BCUT2D eigenvalue weighted by molar-refractivity contribution is 0.101. The number of benzene rings is 2. The van der Waals surface area contributed by atoms with Crippen LogP contribution in [0, 0.1) is 0 Å². The summed E-state index contributed by atoms with van der Waals surface area (Å²) < 4.78 is 2.76. The zero-order chi connectivity index (χ0) is 20.7. The van der Waals surface area contributed by atoms with Gasteiger partial charge in [-0.15, -0.1) is 0 Å². The highest BCUT2D eigenvalue weighted by Gasteiger charge is 2.14. The number of halogens is 1. The summed E-state index contributed by atoms with van der Waals surface area (Å²) in [5.41, 5.74) is 5.62. The molecule has 0 fully saturated rings. The number of nitrogens with one attached hydrogen (secondary N) is 1. The van der Waals surface area contributed by atoms with Crippen molar-refractivity contribution in [2.24, 2.45) is 0 Å². The highest BCUT2D eigenvalue weighted by atomic mass is 35.5. The van der Waals surface area contributed by atoms with E-state index in [1.54, 1.807) is 53.2 Å². The Morgan fingerprint density at radius 1 is 0.967 bits per heavy atom. The summed E-state index contributed by atoms with van der Waals surface area (Å²) in [6.07, 6.45) is 4.71. The summed E-state index contributed by atoms with van der Waals surface area (Å²) in [6, 6.07) is 17.8. The predicted octanol–water partition coefficient (Wildman–Crippen LogP) is 3.75. The fourth-order valence-corrected chi connectivity index (χ4v) is 3.43. The standard InChI is InChI=1S/C22H14ClN5O2/c23-16-8-6-14(7-9-16)17-13-25-28-19-10-11-27(22(30)18(19)12-24-20(17)28)26-21(29)15-4-2-1-3-5-15/h1-13H,(H,26,29). The van der Waals surface area contributed by atoms with Crippen molar-refractivity contribution in [1.82, 2.24) is 19.3 Å². The third-order valence-corrected chi connectivity index (χ3v) is 5.06. The molecule has 0 radical (unpaired) electrons. The van der Waals surface area contributed by atoms with E-state index < -0.39 is 5.56 Å². The van der Waals surface area contributed by atoms with Gasteiger partial charge in [-0.3, -0.25) is 15.0 Å². The number of hydrogen-bond donors (Lipinski definition) is 1. The molecule has 8 heteroatoms. The van der Waals surface area contributed by atoms with Gasteiger partial charge in [-0.05, 0) is 35.9 Å². The lowest BCUT2D eigenvalue weighted by Crippen LogP contribution is -2.32. The van der Waals surface area contributed by atoms with E-state index in [1.165, 1.54) is 12.4 Å². The molecule has 5 aromatic rings. The first kappa shape index (κ1) is 18.1. The Balaban J connectivity index is 1.58. The van der Waals surface area contributed by atoms with Crippen molar-refractivity contribution in [3.63, 3.8) is 0 Å². The van der Waals surface area contributed by atoms with Gasteiger partial charge in [-0.1, -0.05) is 41.9 Å². The Bertz CT molecular complexity index is 1460. The first-order valence-corrected chi connectivity index (χ1v) is 9.50. The van der Waals surface area contributed by atoms with E-state index in [1.807, 2.05) is 18.2 Å². The lowest BCUT2D eigenvalue weighted by Gasteiger charge is -2.09. The number of pyridine rings is 1. The Morgan fingerprint density at radius 2 is 1.73 bits per heavy atom. The van der Waals surface area contributed by atoms with E-state index in [0.29, 0.717) is 27.1 Å². The SMILES string of the molecule is O=C(Nn1ccc2c(cnc3c(-c4ccc(Cl)cc4)cnn32)c1=O)c1ccccc1. The third-order valence-electron chi connectivity index (χ3n) is 4.81. The zero-order valence-corrected chi connectivity index (χ0v) is 16.2. The molecule has 7 nitrogen and oxygen atoms in total. The predicted molar refractivity (Wildman–Crippen MR) is 115 cm³/mol. The lowest BCUT2D eigenvalue weighted by atomic mass is 10.1. The first-order chi connectivity index (χ1) is 14.6. The molecular weight excluding hydrogens is 402 g/mol. The number of amides is 1. The molecule has 0 atom stereocenters. The van der Waals surface area contributed by atoms with Crippen molar-refractivity contribution in [2.45, 2.75) is 0 Å². The number of rotatable bonds is 3. The van der Waals surface area contributed by atoms with Gasteiger partial charge in [0.05, 0.1) is 17.1 Å². The van der Waals surface area contributed by atoms with Crippen molar-refractivity contribution < 1.29 is 4.79 Å². The highest BCUT2D eigenvalue weighted by molar-refractivity contribution is 6.30. The van der Waals surface area contributed by atoms with E-state index >= 15 is 0 Å². The molecule has 0 aliphatic carbocycles. The van der Waals surface area contributed by atoms with E-state index in [4.69, 9.17) is 11.6 Å². The molecule has 0 saturated carbocycles. The van der Waals surface area contributed by atoms with Gasteiger partial charge in [-0.2, -0.15) is 5.10 Å². The van der Waals surface area contributed by atoms with Crippen LogP contribution in [0.5, 0.6) is 0 Å². The van der Waals surface area contributed by atoms with E-state index in [9.17, 15) is 9.59 Å². The molecule has 1 N–H and O–H groups in total. The second-order valence-corrected chi connectivity index (χ2v) is 7.09. The highest BCUT2D eigenvalue weighted by Crippen LogP contribution is 2.26. The van der Waals surface area contributed by atoms with Crippen LogP contribution >= 0.6 is 11.6 Å². The number of carbonyl (C=O) groups is 1. The quantitative estimate of drug-likeness (QED) is 0.486. The minimum Gasteiger partial charge on any atom is -0.267 e. The molecule has 1 amide bonds. The molecule has 5 rings (SSSR count). The summed E-state index contributed by atoms with van der Waals surface area (Å²) in [6.45, 7) is 0. The van der Waals surface area contributed by atoms with Gasteiger partial charge in [0.2, 0.25) is 0 Å². The monoisotopic (exact) mass is 415 g/mol. The van der Waals surface area contributed by atoms with Crippen LogP contribution in [0.15, 0.2) is 84.0 Å². The van der Waals surface area contributed by atoms with Crippen LogP contribution in [0.3, 0.4) is 0 Å². The van der Waals surface area contributed by atoms with E-state index in [2.05, 4.69) is 15.5 Å². The summed E-state index contributed by atoms with van der Waals surface area (Å²) in [5.74, 6) is -0.379. The van der Waals surface area contributed by atoms with E-state index in [-0.39, 0.29) is 5.91 Å². The zero-order valence-electron chi connectivity index (χ0n) is 15.5. The Morgan fingerprint density at radius 3 is 2.50 bits per heavy atom. The van der Waals surface area contributed by atoms with Crippen molar-refractivity contribution in [3.05, 3.63) is 100 Å². The molecule has 0 aliphatic rings. The van der Waals surface area contributed by atoms with Gasteiger partial charge in [0.25, 0.3) is 11.5 Å². The summed E-state index contributed by atoms with van der Waals surface area (Å²) in [7, 11) is 0. The van der Waals surface area contributed by atoms with Gasteiger partial charge in [-0.25, -0.2) is 14.2 Å². The maximum Gasteiger partial charge on any atom is 0.280 e. The maximum absolute atomic E-state index is 12.9. The van der Waals surface area contributed by atoms with Crippen molar-refractivity contribution in [1.29, 1.82) is 0 Å². The molecule has 30 heavy (non-hydrogen) atoms. The molecule has 146 valence electrons. The Labute approximate surface area is 175 Å². The average molecular weight is 416 g/mol. The Hall–Kier alpha value is -3.97. The minimum atomic E-state index is -0.394. The number of aromatic nitrogens is 4. The molecule has 0 saturated heterocycles. The summed E-state index contributed by atoms with van der Waals surface area (Å²) in [4.78, 5) is 29.7. The van der Waals surface area contributed by atoms with Crippen LogP contribution in [0.2, 0.25) is 5.02 Å². The molecule has 0 aliphatic heterocycles. The Kier molecular flexibility index (Phi) is 4.30. The van der Waals surface area contributed by atoms with Crippen molar-refractivity contribution in [2.75, 3.05) is 5.43 Å². The normalized spacial score (nSPS) is 11.1. The fraction of sp³-hybridized carbons (Fsp3) is 0. The maximum atomic E-state index is 12.9. The molecule has 3 heterocycles. The number of nitrogens with zero attached hydrogens (tertiary/aromatic N) is 4. The first-order valence-electron chi connectivity index (χ1n) is 9.12. The molecular formula is C22H14ClN5O2. The average Bonchev–Trinajstić information content (AvgIpc) is 3.21. The topological polar surface area (TPSA) is 81.3 Å². The molecule has 3 aromatic heterocycles. The van der Waals surface area contributed by atoms with E-state index in [0.717, 1.165) is 15.8 Å². The van der Waals surface area contributed by atoms with Crippen LogP contribution in [0.25, 0.3) is 27.7 Å². The number of carbonyl (C=O) groups excluding carboxylic acids is 1. The molecule has 0 spiro atoms. The fourth-order valence-electron chi connectivity index (χ4n) is 3.30. The molecule has 0 bridgehead atoms. The van der Waals surface area contributed by atoms with Gasteiger partial charge in [0.15, 0.2) is 5.65 Å². The summed E-state index contributed by atoms with van der Waals surface area (Å²) >= 11 is 5.97. The van der Waals surface area contributed by atoms with Crippen LogP contribution < -0.4 is 11.0 Å². The second-order valence-electron chi connectivity index (χ2n) is 6.66. The van der Waals surface area contributed by atoms with Gasteiger partial charge in [0.1, 0.15) is 0 Å². The summed E-state index contributed by atoms with van der Waals surface area (Å²) in [5, 5.41) is 5.39. The smallest absolute Gasteiger partial charge is 0.267 e. The minimum absolute atomic E-state index is 0.337. The van der Waals surface area contributed by atoms with Crippen LogP contribution in [-0.2, 0) is 0 Å². The van der Waals surface area contributed by atoms with Crippen LogP contribution in [0.4, 0.5) is 0 Å². The van der Waals surface area contributed by atoms with Crippen molar-refractivity contribution >= 4 is 34.1 Å². The second kappa shape index (κ2) is 7.13. The third kappa shape index (κ3) is 3.01. The molecule has 0 unspecified atom stereocenters. The van der Waals surface area contributed by atoms with Crippen LogP contribution in [-0.4, -0.2) is 25.2 Å². The van der Waals surface area contributed by atoms with Gasteiger partial charge in [0, 0.05) is 28.5 Å². The number of hydrogen-bond acceptors (Lipinski definition) is 4. The van der Waals surface area contributed by atoms with Crippen molar-refractivity contribution in [3.8, 4) is 11.1 Å².